The van der Waals surface area contributed by atoms with Crippen molar-refractivity contribution in [1.82, 2.24) is 5.32 Å². The number of amides is 1. The van der Waals surface area contributed by atoms with Crippen molar-refractivity contribution in [3.63, 3.8) is 0 Å². The van der Waals surface area contributed by atoms with E-state index in [0.717, 1.165) is 11.1 Å². The quantitative estimate of drug-likeness (QED) is 0.735. The maximum atomic E-state index is 12.5. The Morgan fingerprint density at radius 1 is 1.04 bits per heavy atom. The molecular weight excluding hydrogens is 366 g/mol. The summed E-state index contributed by atoms with van der Waals surface area (Å²) in [6, 6.07) is 12.3. The molecule has 27 heavy (non-hydrogen) atoms. The number of sulfone groups is 1. The van der Waals surface area contributed by atoms with Crippen LogP contribution in [0.3, 0.4) is 0 Å². The monoisotopic (exact) mass is 389 g/mol. The Hall–Kier alpha value is -2.67. The smallest absolute Gasteiger partial charge is 0.328 e. The van der Waals surface area contributed by atoms with Crippen LogP contribution in [0.1, 0.15) is 27.9 Å². The SMILES string of the molecule is COC(=O)[C@H](CCS(=O)(=O)c1ccccc1)NC(=O)c1cc(C)cc(C)c1. The maximum Gasteiger partial charge on any atom is 0.328 e. The van der Waals surface area contributed by atoms with Gasteiger partial charge < -0.3 is 10.1 Å². The molecule has 0 spiro atoms. The highest BCUT2D eigenvalue weighted by molar-refractivity contribution is 7.91. The molecule has 1 atom stereocenters. The lowest BCUT2D eigenvalue weighted by Crippen LogP contribution is -2.42. The zero-order chi connectivity index (χ0) is 20.0. The fourth-order valence-electron chi connectivity index (χ4n) is 2.76. The number of aryl methyl sites for hydroxylation is 2. The van der Waals surface area contributed by atoms with Crippen LogP contribution in [0, 0.1) is 13.8 Å². The Morgan fingerprint density at radius 3 is 2.19 bits per heavy atom. The summed E-state index contributed by atoms with van der Waals surface area (Å²) < 4.78 is 29.6. The van der Waals surface area contributed by atoms with E-state index in [1.807, 2.05) is 19.9 Å². The van der Waals surface area contributed by atoms with Gasteiger partial charge in [0.25, 0.3) is 5.91 Å². The van der Waals surface area contributed by atoms with Crippen molar-refractivity contribution in [2.75, 3.05) is 12.9 Å². The lowest BCUT2D eigenvalue weighted by atomic mass is 10.1. The molecule has 144 valence electrons. The minimum Gasteiger partial charge on any atom is -0.467 e. The molecule has 0 radical (unpaired) electrons. The minimum atomic E-state index is -3.57. The van der Waals surface area contributed by atoms with E-state index in [1.165, 1.54) is 19.2 Å². The third-order valence-corrected chi connectivity index (χ3v) is 5.82. The van der Waals surface area contributed by atoms with Crippen molar-refractivity contribution in [3.05, 3.63) is 65.2 Å². The molecule has 0 unspecified atom stereocenters. The van der Waals surface area contributed by atoms with Crippen molar-refractivity contribution in [1.29, 1.82) is 0 Å². The van der Waals surface area contributed by atoms with Crippen molar-refractivity contribution < 1.29 is 22.7 Å². The van der Waals surface area contributed by atoms with Gasteiger partial charge in [0.2, 0.25) is 0 Å². The predicted octanol–water partition coefficient (Wildman–Crippen LogP) is 2.44. The van der Waals surface area contributed by atoms with Crippen LogP contribution in [0.15, 0.2) is 53.4 Å². The molecule has 1 N–H and O–H groups in total. The second-order valence-corrected chi connectivity index (χ2v) is 8.46. The van der Waals surface area contributed by atoms with Crippen molar-refractivity contribution in [2.45, 2.75) is 31.2 Å². The molecule has 0 fully saturated rings. The van der Waals surface area contributed by atoms with Gasteiger partial charge in [-0.3, -0.25) is 4.79 Å². The molecule has 0 aromatic heterocycles. The molecule has 0 aliphatic rings. The summed E-state index contributed by atoms with van der Waals surface area (Å²) >= 11 is 0. The fourth-order valence-corrected chi connectivity index (χ4v) is 4.11. The van der Waals surface area contributed by atoms with Crippen LogP contribution in [0.4, 0.5) is 0 Å². The summed E-state index contributed by atoms with van der Waals surface area (Å²) in [6.45, 7) is 3.74. The Labute approximate surface area is 159 Å². The predicted molar refractivity (Wildman–Crippen MR) is 102 cm³/mol. The van der Waals surface area contributed by atoms with Gasteiger partial charge in [0.05, 0.1) is 17.8 Å². The number of carbonyl (C=O) groups excluding carboxylic acids is 2. The molecule has 0 saturated carbocycles. The van der Waals surface area contributed by atoms with E-state index >= 15 is 0 Å². The van der Waals surface area contributed by atoms with Crippen LogP contribution >= 0.6 is 0 Å². The molecule has 2 rings (SSSR count). The maximum absolute atomic E-state index is 12.5. The number of benzene rings is 2. The first-order valence-electron chi connectivity index (χ1n) is 8.48. The number of carbonyl (C=O) groups is 2. The van der Waals surface area contributed by atoms with Crippen LogP contribution in [-0.2, 0) is 19.4 Å². The molecule has 2 aromatic rings. The lowest BCUT2D eigenvalue weighted by Gasteiger charge is -2.17. The van der Waals surface area contributed by atoms with Crippen LogP contribution in [0.2, 0.25) is 0 Å². The summed E-state index contributed by atoms with van der Waals surface area (Å²) in [5, 5.41) is 2.58. The van der Waals surface area contributed by atoms with E-state index in [2.05, 4.69) is 5.32 Å². The average Bonchev–Trinajstić information content (AvgIpc) is 2.64. The summed E-state index contributed by atoms with van der Waals surface area (Å²) in [5.74, 6) is -1.42. The molecule has 0 heterocycles. The second-order valence-electron chi connectivity index (χ2n) is 6.35. The summed E-state index contributed by atoms with van der Waals surface area (Å²) in [5.41, 5.74) is 2.25. The number of ether oxygens (including phenoxy) is 1. The van der Waals surface area contributed by atoms with Crippen LogP contribution < -0.4 is 5.32 Å². The number of nitrogens with one attached hydrogen (secondary N) is 1. The highest BCUT2D eigenvalue weighted by atomic mass is 32.2. The van der Waals surface area contributed by atoms with Gasteiger partial charge in [-0.1, -0.05) is 35.4 Å². The van der Waals surface area contributed by atoms with Crippen LogP contribution in [-0.4, -0.2) is 39.2 Å². The Kier molecular flexibility index (Phi) is 6.74. The van der Waals surface area contributed by atoms with Crippen LogP contribution in [0.25, 0.3) is 0 Å². The molecule has 0 saturated heterocycles. The number of methoxy groups -OCH3 is 1. The number of hydrogen-bond donors (Lipinski definition) is 1. The Bertz CT molecular complexity index is 902. The third-order valence-electron chi connectivity index (χ3n) is 4.05. The number of hydrogen-bond acceptors (Lipinski definition) is 5. The van der Waals surface area contributed by atoms with E-state index in [0.29, 0.717) is 5.56 Å². The molecule has 6 nitrogen and oxygen atoms in total. The molecule has 0 bridgehead atoms. The van der Waals surface area contributed by atoms with Gasteiger partial charge >= 0.3 is 5.97 Å². The summed E-state index contributed by atoms with van der Waals surface area (Å²) in [4.78, 5) is 24.7. The lowest BCUT2D eigenvalue weighted by molar-refractivity contribution is -0.142. The summed E-state index contributed by atoms with van der Waals surface area (Å²) in [6.07, 6.45) is -0.0829. The fraction of sp³-hybridized carbons (Fsp3) is 0.300. The van der Waals surface area contributed by atoms with E-state index in [-0.39, 0.29) is 17.1 Å². The first-order chi connectivity index (χ1) is 12.7. The van der Waals surface area contributed by atoms with Gasteiger partial charge in [-0.05, 0) is 44.5 Å². The van der Waals surface area contributed by atoms with Crippen molar-refractivity contribution in [3.8, 4) is 0 Å². The third kappa shape index (κ3) is 5.65. The Morgan fingerprint density at radius 2 is 1.63 bits per heavy atom. The highest BCUT2D eigenvalue weighted by Crippen LogP contribution is 2.14. The molecule has 1 amide bonds. The summed E-state index contributed by atoms with van der Waals surface area (Å²) in [7, 11) is -2.37. The van der Waals surface area contributed by atoms with Gasteiger partial charge in [-0.15, -0.1) is 0 Å². The number of rotatable bonds is 7. The zero-order valence-electron chi connectivity index (χ0n) is 15.6. The topological polar surface area (TPSA) is 89.5 Å². The van der Waals surface area contributed by atoms with E-state index < -0.39 is 27.8 Å². The first-order valence-corrected chi connectivity index (χ1v) is 10.1. The van der Waals surface area contributed by atoms with Crippen molar-refractivity contribution >= 4 is 21.7 Å². The van der Waals surface area contributed by atoms with Crippen LogP contribution in [0.5, 0.6) is 0 Å². The molecule has 0 aliphatic carbocycles. The molecule has 7 heteroatoms. The number of esters is 1. The van der Waals surface area contributed by atoms with Gasteiger partial charge in [0.1, 0.15) is 6.04 Å². The minimum absolute atomic E-state index is 0.0829. The van der Waals surface area contributed by atoms with Gasteiger partial charge in [0.15, 0.2) is 9.84 Å². The average molecular weight is 389 g/mol. The molecular formula is C20H23NO5S. The largest absolute Gasteiger partial charge is 0.467 e. The van der Waals surface area contributed by atoms with Gasteiger partial charge in [-0.25, -0.2) is 13.2 Å². The van der Waals surface area contributed by atoms with E-state index in [1.54, 1.807) is 30.3 Å². The van der Waals surface area contributed by atoms with Gasteiger partial charge in [0, 0.05) is 5.56 Å². The molecule has 0 aliphatic heterocycles. The van der Waals surface area contributed by atoms with E-state index in [4.69, 9.17) is 4.74 Å². The normalized spacial score (nSPS) is 12.3. The van der Waals surface area contributed by atoms with E-state index in [9.17, 15) is 18.0 Å². The standard InChI is InChI=1S/C20H23NO5S/c1-14-11-15(2)13-16(12-14)19(22)21-18(20(23)26-3)9-10-27(24,25)17-7-5-4-6-8-17/h4-8,11-13,18H,9-10H2,1-3H3,(H,21,22)/t18-/m0/s1. The zero-order valence-corrected chi connectivity index (χ0v) is 16.4. The first kappa shape index (κ1) is 20.6. The van der Waals surface area contributed by atoms with Gasteiger partial charge in [-0.2, -0.15) is 0 Å². The highest BCUT2D eigenvalue weighted by Gasteiger charge is 2.25. The van der Waals surface area contributed by atoms with Crippen molar-refractivity contribution in [2.24, 2.45) is 0 Å². The second kappa shape index (κ2) is 8.81. The Balaban J connectivity index is 2.14. The molecule has 2 aromatic carbocycles.